The van der Waals surface area contributed by atoms with E-state index >= 15 is 0 Å². The molecule has 0 spiro atoms. The maximum atomic E-state index is 12.6. The van der Waals surface area contributed by atoms with Crippen LogP contribution in [0.2, 0.25) is 5.02 Å². The molecule has 9 nitrogen and oxygen atoms in total. The zero-order chi connectivity index (χ0) is 21.7. The largest absolute Gasteiger partial charge is 0.466 e. The van der Waals surface area contributed by atoms with E-state index in [1.807, 2.05) is 0 Å². The van der Waals surface area contributed by atoms with E-state index < -0.39 is 29.9 Å². The number of nitrogens with zero attached hydrogens (tertiary/aromatic N) is 2. The lowest BCUT2D eigenvalue weighted by molar-refractivity contribution is -0.142. The molecule has 3 rings (SSSR count). The maximum absolute atomic E-state index is 12.6. The lowest BCUT2D eigenvalue weighted by Gasteiger charge is -2.14. The fraction of sp³-hybridized carbons (Fsp3) is 0.316. The van der Waals surface area contributed by atoms with Gasteiger partial charge in [-0.15, -0.1) is 11.3 Å². The van der Waals surface area contributed by atoms with Crippen molar-refractivity contribution in [2.75, 3.05) is 11.9 Å². The SMILES string of the molecule is CCOC(=O)Cc1csc(NC(=O)CC2NC(=O)N(Cc3ccccc3Cl)C2=O)n1. The number of hydrogen-bond donors (Lipinski definition) is 2. The number of thiazole rings is 1. The number of carbonyl (C=O) groups is 4. The summed E-state index contributed by atoms with van der Waals surface area (Å²) in [5.74, 6) is -1.39. The number of amides is 4. The summed E-state index contributed by atoms with van der Waals surface area (Å²) in [7, 11) is 0. The van der Waals surface area contributed by atoms with Gasteiger partial charge in [-0.1, -0.05) is 29.8 Å². The molecule has 1 aromatic heterocycles. The quantitative estimate of drug-likeness (QED) is 0.471. The fourth-order valence-corrected chi connectivity index (χ4v) is 3.75. The number of benzene rings is 1. The highest BCUT2D eigenvalue weighted by molar-refractivity contribution is 7.13. The van der Waals surface area contributed by atoms with Gasteiger partial charge in [-0.25, -0.2) is 9.78 Å². The Morgan fingerprint density at radius 1 is 1.33 bits per heavy atom. The molecule has 11 heteroatoms. The summed E-state index contributed by atoms with van der Waals surface area (Å²) in [6.07, 6.45) is -0.231. The number of aromatic nitrogens is 1. The number of anilines is 1. The van der Waals surface area contributed by atoms with Crippen molar-refractivity contribution in [3.8, 4) is 0 Å². The minimum atomic E-state index is -0.973. The molecule has 2 aromatic rings. The topological polar surface area (TPSA) is 118 Å². The average Bonchev–Trinajstić information content (AvgIpc) is 3.22. The van der Waals surface area contributed by atoms with Crippen molar-refractivity contribution in [1.82, 2.24) is 15.2 Å². The van der Waals surface area contributed by atoms with E-state index in [0.29, 0.717) is 21.4 Å². The van der Waals surface area contributed by atoms with Gasteiger partial charge in [-0.2, -0.15) is 0 Å². The number of ether oxygens (including phenoxy) is 1. The summed E-state index contributed by atoms with van der Waals surface area (Å²) in [6, 6.07) is 5.35. The summed E-state index contributed by atoms with van der Waals surface area (Å²) in [5, 5.41) is 7.47. The third-order valence-corrected chi connectivity index (χ3v) is 5.39. The first kappa shape index (κ1) is 21.7. The number of hydrogen-bond acceptors (Lipinski definition) is 7. The molecule has 1 aliphatic heterocycles. The summed E-state index contributed by atoms with van der Waals surface area (Å²) in [6.45, 7) is 2.01. The number of rotatable bonds is 8. The van der Waals surface area contributed by atoms with Crippen LogP contribution in [0.25, 0.3) is 0 Å². The molecule has 2 heterocycles. The van der Waals surface area contributed by atoms with E-state index in [4.69, 9.17) is 16.3 Å². The van der Waals surface area contributed by atoms with Gasteiger partial charge in [0.2, 0.25) is 5.91 Å². The zero-order valence-corrected chi connectivity index (χ0v) is 17.6. The molecule has 158 valence electrons. The first-order valence-electron chi connectivity index (χ1n) is 9.12. The van der Waals surface area contributed by atoms with Gasteiger partial charge in [0.05, 0.1) is 31.7 Å². The number of halogens is 1. The van der Waals surface area contributed by atoms with Crippen molar-refractivity contribution in [2.45, 2.75) is 32.4 Å². The molecule has 1 aliphatic rings. The molecule has 0 saturated carbocycles. The molecule has 1 fully saturated rings. The van der Waals surface area contributed by atoms with Crippen LogP contribution in [0, 0.1) is 0 Å². The Hall–Kier alpha value is -2.98. The highest BCUT2D eigenvalue weighted by atomic mass is 35.5. The Bertz CT molecular complexity index is 979. The fourth-order valence-electron chi connectivity index (χ4n) is 2.82. The molecule has 0 aliphatic carbocycles. The second kappa shape index (κ2) is 9.68. The van der Waals surface area contributed by atoms with Crippen molar-refractivity contribution in [3.63, 3.8) is 0 Å². The van der Waals surface area contributed by atoms with Crippen LogP contribution >= 0.6 is 22.9 Å². The van der Waals surface area contributed by atoms with Gasteiger partial charge in [-0.05, 0) is 18.6 Å². The average molecular weight is 451 g/mol. The van der Waals surface area contributed by atoms with Gasteiger partial charge in [0, 0.05) is 10.4 Å². The minimum absolute atomic E-state index is 0.00832. The van der Waals surface area contributed by atoms with Crippen molar-refractivity contribution >= 4 is 51.9 Å². The van der Waals surface area contributed by atoms with Crippen LogP contribution in [-0.4, -0.2) is 46.3 Å². The molecule has 0 bridgehead atoms. The summed E-state index contributed by atoms with van der Waals surface area (Å²) < 4.78 is 4.85. The lowest BCUT2D eigenvalue weighted by atomic mass is 10.1. The van der Waals surface area contributed by atoms with Gasteiger partial charge in [0.15, 0.2) is 5.13 Å². The van der Waals surface area contributed by atoms with Gasteiger partial charge in [-0.3, -0.25) is 19.3 Å². The third kappa shape index (κ3) is 5.33. The lowest BCUT2D eigenvalue weighted by Crippen LogP contribution is -2.34. The number of esters is 1. The number of carbonyl (C=O) groups excluding carboxylic acids is 4. The first-order valence-corrected chi connectivity index (χ1v) is 10.4. The van der Waals surface area contributed by atoms with Crippen molar-refractivity contribution in [3.05, 3.63) is 45.9 Å². The Morgan fingerprint density at radius 3 is 2.83 bits per heavy atom. The Kier molecular flexibility index (Phi) is 7.01. The van der Waals surface area contributed by atoms with E-state index in [9.17, 15) is 19.2 Å². The van der Waals surface area contributed by atoms with E-state index in [-0.39, 0.29) is 26.0 Å². The Morgan fingerprint density at radius 2 is 2.10 bits per heavy atom. The van der Waals surface area contributed by atoms with E-state index in [1.165, 1.54) is 0 Å². The first-order chi connectivity index (χ1) is 14.4. The second-order valence-electron chi connectivity index (χ2n) is 6.40. The van der Waals surface area contributed by atoms with E-state index in [0.717, 1.165) is 16.2 Å². The molecule has 1 atom stereocenters. The van der Waals surface area contributed by atoms with Crippen LogP contribution in [0.4, 0.5) is 9.93 Å². The Balaban J connectivity index is 1.55. The number of nitrogens with one attached hydrogen (secondary N) is 2. The predicted molar refractivity (Wildman–Crippen MR) is 110 cm³/mol. The number of imide groups is 1. The summed E-state index contributed by atoms with van der Waals surface area (Å²) >= 11 is 7.24. The van der Waals surface area contributed by atoms with Gasteiger partial charge < -0.3 is 15.4 Å². The molecular weight excluding hydrogens is 432 g/mol. The van der Waals surface area contributed by atoms with Crippen LogP contribution < -0.4 is 10.6 Å². The summed E-state index contributed by atoms with van der Waals surface area (Å²) in [4.78, 5) is 53.7. The maximum Gasteiger partial charge on any atom is 0.325 e. The third-order valence-electron chi connectivity index (χ3n) is 4.21. The number of urea groups is 1. The smallest absolute Gasteiger partial charge is 0.325 e. The van der Waals surface area contributed by atoms with Crippen molar-refractivity contribution in [2.24, 2.45) is 0 Å². The molecule has 4 amide bonds. The Labute approximate surface area is 181 Å². The highest BCUT2D eigenvalue weighted by Crippen LogP contribution is 2.21. The van der Waals surface area contributed by atoms with Crippen LogP contribution in [0.1, 0.15) is 24.6 Å². The normalized spacial score (nSPS) is 15.8. The molecular formula is C19H19ClN4O5S. The van der Waals surface area contributed by atoms with Crippen LogP contribution in [0.5, 0.6) is 0 Å². The van der Waals surface area contributed by atoms with Crippen LogP contribution in [0.3, 0.4) is 0 Å². The molecule has 1 aromatic carbocycles. The summed E-state index contributed by atoms with van der Waals surface area (Å²) in [5.41, 5.74) is 1.11. The monoisotopic (exact) mass is 450 g/mol. The van der Waals surface area contributed by atoms with Gasteiger partial charge in [0.25, 0.3) is 5.91 Å². The minimum Gasteiger partial charge on any atom is -0.466 e. The molecule has 30 heavy (non-hydrogen) atoms. The predicted octanol–water partition coefficient (Wildman–Crippen LogP) is 2.35. The standard InChI is InChI=1S/C19H19ClN4O5S/c1-2-29-16(26)7-12-10-30-18(21-12)23-15(25)8-14-17(27)24(19(28)22-14)9-11-5-3-4-6-13(11)20/h3-6,10,14H,2,7-9H2,1H3,(H,22,28)(H,21,23,25). The molecule has 1 unspecified atom stereocenters. The molecule has 2 N–H and O–H groups in total. The zero-order valence-electron chi connectivity index (χ0n) is 16.0. The van der Waals surface area contributed by atoms with Gasteiger partial charge >= 0.3 is 12.0 Å². The highest BCUT2D eigenvalue weighted by Gasteiger charge is 2.39. The van der Waals surface area contributed by atoms with Gasteiger partial charge in [0.1, 0.15) is 6.04 Å². The van der Waals surface area contributed by atoms with Crippen LogP contribution in [-0.2, 0) is 32.1 Å². The van der Waals surface area contributed by atoms with E-state index in [1.54, 1.807) is 36.6 Å². The van der Waals surface area contributed by atoms with Crippen molar-refractivity contribution in [1.29, 1.82) is 0 Å². The second-order valence-corrected chi connectivity index (χ2v) is 7.66. The van der Waals surface area contributed by atoms with Crippen molar-refractivity contribution < 1.29 is 23.9 Å². The molecule has 1 saturated heterocycles. The van der Waals surface area contributed by atoms with Crippen LogP contribution in [0.15, 0.2) is 29.6 Å². The van der Waals surface area contributed by atoms with E-state index in [2.05, 4.69) is 15.6 Å². The molecule has 0 radical (unpaired) electrons.